The lowest BCUT2D eigenvalue weighted by Crippen LogP contribution is -2.44. The molecule has 0 radical (unpaired) electrons. The van der Waals surface area contributed by atoms with Gasteiger partial charge in [0.2, 0.25) is 29.5 Å². The number of nitrogens with zero attached hydrogens (tertiary/aromatic N) is 4. The standard InChI is InChI=1S/C23H28F2N4O2.C22H27F2N5O2.2C21H26F2N4O/c1-15(30)28-18-12-19(13-27-22-9-5-4-8-21(22)25)29(14-18)23(31)11-17(26)10-16-6-2-3-7-20(16)24;23-18-6-2-1-5-14(18)9-15(25)10-21(30)29-13-16(28-22(26)31)11-17(29)12-27-20-8-4-3-7-19(20)24;2*22-18-6-2-1-5-14(18)9-15(24)11-21(28)27-13-16(25)10-17(27)12-26-20-8-4-3-7-19(20)23/h2-9,17-19,27H,10-14,26H2,1H3,(H,28,30);1-8,15-17,27H,9-13,25H2,(H3,26,28,31);2*1-8,15-17,26H,9-13,24-25H2/t17-,18+,19+;2*15-,16+,17+;15-,16-,17+/m1111/s1. The quantitative estimate of drug-likeness (QED) is 0.0187. The molecular weight excluding hydrogens is 1530 g/mol. The lowest BCUT2D eigenvalue weighted by atomic mass is 10.0. The van der Waals surface area contributed by atoms with Gasteiger partial charge in [0.05, 0.1) is 53.0 Å². The summed E-state index contributed by atoms with van der Waals surface area (Å²) in [6, 6.07) is 46.6. The molecule has 4 saturated heterocycles. The summed E-state index contributed by atoms with van der Waals surface area (Å²) in [4.78, 5) is 80.9. The maximum Gasteiger partial charge on any atom is 0.312 e. The van der Waals surface area contributed by atoms with E-state index in [0.717, 1.165) is 0 Å². The largest absolute Gasteiger partial charge is 0.381 e. The van der Waals surface area contributed by atoms with Crippen molar-refractivity contribution in [2.24, 2.45) is 40.1 Å². The van der Waals surface area contributed by atoms with Crippen molar-refractivity contribution >= 4 is 58.3 Å². The van der Waals surface area contributed by atoms with E-state index in [1.54, 1.807) is 165 Å². The fourth-order valence-corrected chi connectivity index (χ4v) is 15.2. The molecule has 20 N–H and O–H groups in total. The first kappa shape index (κ1) is 90.7. The molecule has 4 heterocycles. The van der Waals surface area contributed by atoms with Gasteiger partial charge in [0, 0.05) is 127 Å². The molecule has 23 nitrogen and oxygen atoms in total. The topological polar surface area (TPSA) is 370 Å². The highest BCUT2D eigenvalue weighted by Crippen LogP contribution is 2.28. The highest BCUT2D eigenvalue weighted by molar-refractivity contribution is 5.80. The fraction of sp³-hybridized carbons (Fsp3) is 0.379. The summed E-state index contributed by atoms with van der Waals surface area (Å²) in [7, 11) is 0. The van der Waals surface area contributed by atoms with Gasteiger partial charge in [0.15, 0.2) is 0 Å². The number of hydrogen-bond donors (Lipinski definition) is 13. The number of benzene rings is 8. The third-order valence-corrected chi connectivity index (χ3v) is 20.9. The Balaban J connectivity index is 0.000000180. The molecule has 12 atom stereocenters. The fourth-order valence-electron chi connectivity index (χ4n) is 15.2. The van der Waals surface area contributed by atoms with E-state index in [4.69, 9.17) is 40.1 Å². The maximum absolute atomic E-state index is 13.9. The van der Waals surface area contributed by atoms with Crippen molar-refractivity contribution < 1.29 is 63.9 Å². The van der Waals surface area contributed by atoms with Crippen LogP contribution in [-0.4, -0.2) is 180 Å². The van der Waals surface area contributed by atoms with Crippen LogP contribution in [0.1, 0.15) is 80.5 Å². The van der Waals surface area contributed by atoms with Crippen LogP contribution in [0.4, 0.5) is 62.7 Å². The highest BCUT2D eigenvalue weighted by Gasteiger charge is 2.40. The third-order valence-electron chi connectivity index (χ3n) is 20.9. The van der Waals surface area contributed by atoms with Gasteiger partial charge >= 0.3 is 6.03 Å². The van der Waals surface area contributed by atoms with E-state index in [9.17, 15) is 63.9 Å². The van der Waals surface area contributed by atoms with Gasteiger partial charge in [-0.05, 0) is 146 Å². The Morgan fingerprint density at radius 2 is 0.551 bits per heavy atom. The summed E-state index contributed by atoms with van der Waals surface area (Å²) >= 11 is 0. The number of para-hydroxylation sites is 4. The van der Waals surface area contributed by atoms with Gasteiger partial charge in [-0.1, -0.05) is 121 Å². The lowest BCUT2D eigenvalue weighted by Gasteiger charge is -2.26. The second-order valence-corrected chi connectivity index (χ2v) is 30.3. The van der Waals surface area contributed by atoms with E-state index < -0.39 is 36.0 Å². The number of halogens is 8. The van der Waals surface area contributed by atoms with E-state index in [1.807, 2.05) is 0 Å². The molecule has 0 spiro atoms. The van der Waals surface area contributed by atoms with Gasteiger partial charge in [-0.25, -0.2) is 39.9 Å². The van der Waals surface area contributed by atoms with Crippen LogP contribution in [0.3, 0.4) is 0 Å². The summed E-state index contributed by atoms with van der Waals surface area (Å²) in [5, 5.41) is 17.7. The van der Waals surface area contributed by atoms with E-state index in [0.29, 0.717) is 116 Å². The van der Waals surface area contributed by atoms with Crippen LogP contribution < -0.4 is 72.0 Å². The summed E-state index contributed by atoms with van der Waals surface area (Å²) < 4.78 is 111. The van der Waals surface area contributed by atoms with E-state index >= 15 is 0 Å². The first-order valence-electron chi connectivity index (χ1n) is 39.5. The zero-order valence-electron chi connectivity index (χ0n) is 65.8. The lowest BCUT2D eigenvalue weighted by molar-refractivity contribution is -0.133. The molecule has 0 aliphatic carbocycles. The van der Waals surface area contributed by atoms with Crippen molar-refractivity contribution in [1.29, 1.82) is 0 Å². The zero-order chi connectivity index (χ0) is 85.0. The SMILES string of the molecule is CC(=O)N[C@H]1C[C@@H](CNc2ccccc2F)N(C(=O)C[C@H](N)Cc2ccccc2F)C1.NC(=O)N[C@H]1C[C@@H](CNc2ccccc2F)N(C(=O)C[C@H](N)Cc2ccccc2F)C1.N[C@@H](CC(=O)N1C[C@@H](N)C[C@H]1CNc1ccccc1F)Cc1ccccc1F.N[C@@H]1C[C@@H](CNc2ccccc2F)N(C(=O)C[C@H](N)Cc2ccccc2F)C1. The molecule has 7 amide bonds. The van der Waals surface area contributed by atoms with E-state index in [2.05, 4.69) is 31.9 Å². The molecule has 0 aromatic heterocycles. The maximum atomic E-state index is 13.9. The molecule has 8 aromatic rings. The van der Waals surface area contributed by atoms with E-state index in [-0.39, 0.29) is 177 Å². The molecule has 31 heteroatoms. The molecular formula is C87H107F8N17O6. The highest BCUT2D eigenvalue weighted by atomic mass is 19.2. The number of anilines is 4. The minimum atomic E-state index is -0.670. The molecule has 12 rings (SSSR count). The molecule has 118 heavy (non-hydrogen) atoms. The van der Waals surface area contributed by atoms with Crippen molar-refractivity contribution in [3.8, 4) is 0 Å². The average Bonchev–Trinajstić information content (AvgIpc) is 1.66. The Bertz CT molecular complexity index is 4330. The molecule has 4 aliphatic rings. The summed E-state index contributed by atoms with van der Waals surface area (Å²) in [6.07, 6.45) is 3.64. The molecule has 8 aromatic carbocycles. The van der Waals surface area contributed by atoms with Crippen LogP contribution in [0.15, 0.2) is 194 Å². The van der Waals surface area contributed by atoms with Gasteiger partial charge < -0.3 is 91.6 Å². The Kier molecular flexibility index (Phi) is 34.5. The summed E-state index contributed by atoms with van der Waals surface area (Å²) in [5.41, 5.74) is 45.2. The van der Waals surface area contributed by atoms with Crippen LogP contribution in [0.2, 0.25) is 0 Å². The van der Waals surface area contributed by atoms with E-state index in [1.165, 1.54) is 55.5 Å². The minimum Gasteiger partial charge on any atom is -0.381 e. The number of hydrogen-bond acceptors (Lipinski definition) is 16. The zero-order valence-corrected chi connectivity index (χ0v) is 65.8. The molecule has 0 unspecified atom stereocenters. The van der Waals surface area contributed by atoms with Gasteiger partial charge in [0.1, 0.15) is 46.5 Å². The van der Waals surface area contributed by atoms with Crippen molar-refractivity contribution in [2.45, 2.75) is 156 Å². The first-order chi connectivity index (χ1) is 56.5. The number of likely N-dealkylation sites (tertiary alicyclic amines) is 4. The van der Waals surface area contributed by atoms with Gasteiger partial charge in [0.25, 0.3) is 0 Å². The molecule has 632 valence electrons. The number of primary amides is 1. The molecule has 0 saturated carbocycles. The number of nitrogens with one attached hydrogen (secondary N) is 6. The Morgan fingerprint density at radius 1 is 0.331 bits per heavy atom. The summed E-state index contributed by atoms with van der Waals surface area (Å²) in [6.45, 7) is 4.39. The first-order valence-corrected chi connectivity index (χ1v) is 39.5. The molecule has 0 bridgehead atoms. The third kappa shape index (κ3) is 28.0. The van der Waals surface area contributed by atoms with Crippen LogP contribution in [-0.2, 0) is 49.7 Å². The minimum absolute atomic E-state index is 0.0217. The second-order valence-electron chi connectivity index (χ2n) is 30.3. The Labute approximate surface area is 682 Å². The van der Waals surface area contributed by atoms with Crippen molar-refractivity contribution in [3.05, 3.63) is 263 Å². The van der Waals surface area contributed by atoms with Gasteiger partial charge in [-0.2, -0.15) is 0 Å². The molecule has 4 aliphatic heterocycles. The number of carbonyl (C=O) groups excluding carboxylic acids is 6. The van der Waals surface area contributed by atoms with Crippen LogP contribution in [0.5, 0.6) is 0 Å². The summed E-state index contributed by atoms with van der Waals surface area (Å²) in [5.74, 6) is -3.56. The van der Waals surface area contributed by atoms with Crippen molar-refractivity contribution in [3.63, 3.8) is 0 Å². The van der Waals surface area contributed by atoms with Crippen LogP contribution >= 0.6 is 0 Å². The monoisotopic (exact) mass is 1640 g/mol. The second kappa shape index (κ2) is 44.9. The van der Waals surface area contributed by atoms with Gasteiger partial charge in [-0.3, -0.25) is 24.0 Å². The van der Waals surface area contributed by atoms with Crippen LogP contribution in [0, 0.1) is 46.5 Å². The Hall–Kier alpha value is -11.2. The number of rotatable bonds is 30. The van der Waals surface area contributed by atoms with Crippen molar-refractivity contribution in [1.82, 2.24) is 30.2 Å². The normalized spacial score (nSPS) is 19.7. The number of nitrogens with two attached hydrogens (primary N) is 7. The predicted molar refractivity (Wildman–Crippen MR) is 441 cm³/mol. The smallest absolute Gasteiger partial charge is 0.312 e. The Morgan fingerprint density at radius 3 is 0.788 bits per heavy atom. The molecule has 4 fully saturated rings. The number of urea groups is 1. The average molecular weight is 1640 g/mol. The van der Waals surface area contributed by atoms with Crippen molar-refractivity contribution in [2.75, 3.05) is 73.6 Å². The number of carbonyl (C=O) groups is 6. The van der Waals surface area contributed by atoms with Gasteiger partial charge in [-0.15, -0.1) is 0 Å². The van der Waals surface area contributed by atoms with Crippen LogP contribution in [0.25, 0.3) is 0 Å². The number of amides is 7. The predicted octanol–water partition coefficient (Wildman–Crippen LogP) is 8.95.